The van der Waals surface area contributed by atoms with Crippen molar-refractivity contribution < 1.29 is 18.7 Å². The highest BCUT2D eigenvalue weighted by Gasteiger charge is 2.45. The van der Waals surface area contributed by atoms with Gasteiger partial charge < -0.3 is 19.2 Å². The second kappa shape index (κ2) is 12.7. The standard InChI is InChI=1S/C32H49NO4Si/c1-22(2)27-20-15-23(3)21-28(27)36-31(34)30(37-38(8,9)32(4,5)6)29(24-13-11-10-12-14-24)33-25-16-18-26(35-7)19-17-25/h10-14,16-19,22-23,27-30,33H,15,20-21H2,1-9H3/t23-,27+,28-,29+,30-/m1/s1. The minimum absolute atomic E-state index is 0.0628. The van der Waals surface area contributed by atoms with Crippen molar-refractivity contribution >= 4 is 20.0 Å². The van der Waals surface area contributed by atoms with E-state index in [2.05, 4.69) is 72.1 Å². The van der Waals surface area contributed by atoms with Gasteiger partial charge in [0.1, 0.15) is 11.9 Å². The van der Waals surface area contributed by atoms with Gasteiger partial charge in [0.2, 0.25) is 0 Å². The van der Waals surface area contributed by atoms with Crippen LogP contribution in [0.5, 0.6) is 5.75 Å². The summed E-state index contributed by atoms with van der Waals surface area (Å²) in [6.07, 6.45) is 2.31. The maximum Gasteiger partial charge on any atom is 0.336 e. The van der Waals surface area contributed by atoms with E-state index in [0.717, 1.165) is 29.8 Å². The SMILES string of the molecule is COc1ccc(N[C@@H](c2ccccc2)[C@@H](O[Si](C)(C)C(C)(C)C)C(=O)O[C@@H]2C[C@H](C)CC[C@H]2C(C)C)cc1. The minimum atomic E-state index is -2.34. The van der Waals surface area contributed by atoms with Crippen molar-refractivity contribution in [2.75, 3.05) is 12.4 Å². The molecule has 1 aliphatic carbocycles. The van der Waals surface area contributed by atoms with E-state index in [0.29, 0.717) is 17.8 Å². The van der Waals surface area contributed by atoms with Gasteiger partial charge in [-0.1, -0.05) is 78.3 Å². The van der Waals surface area contributed by atoms with Crippen molar-refractivity contribution in [3.63, 3.8) is 0 Å². The summed E-state index contributed by atoms with van der Waals surface area (Å²) >= 11 is 0. The number of anilines is 1. The Morgan fingerprint density at radius 1 is 1.00 bits per heavy atom. The minimum Gasteiger partial charge on any atom is -0.497 e. The fraction of sp³-hybridized carbons (Fsp3) is 0.594. The number of carbonyl (C=O) groups excluding carboxylic acids is 1. The lowest BCUT2D eigenvalue weighted by atomic mass is 9.75. The fourth-order valence-corrected chi connectivity index (χ4v) is 6.29. The normalized spacial score (nSPS) is 22.0. The van der Waals surface area contributed by atoms with Crippen LogP contribution in [0.2, 0.25) is 18.1 Å². The van der Waals surface area contributed by atoms with E-state index >= 15 is 0 Å². The van der Waals surface area contributed by atoms with Crippen molar-refractivity contribution in [1.29, 1.82) is 0 Å². The third kappa shape index (κ3) is 7.63. The lowest BCUT2D eigenvalue weighted by Crippen LogP contribution is -2.50. The van der Waals surface area contributed by atoms with Gasteiger partial charge in [-0.2, -0.15) is 0 Å². The second-order valence-corrected chi connectivity index (χ2v) is 17.6. The van der Waals surface area contributed by atoms with Gasteiger partial charge in [0, 0.05) is 5.69 Å². The molecule has 0 heterocycles. The molecule has 0 radical (unpaired) electrons. The van der Waals surface area contributed by atoms with Gasteiger partial charge in [0.15, 0.2) is 14.4 Å². The summed E-state index contributed by atoms with van der Waals surface area (Å²) in [6.45, 7) is 17.7. The van der Waals surface area contributed by atoms with E-state index in [1.807, 2.05) is 42.5 Å². The molecule has 0 saturated heterocycles. The summed E-state index contributed by atoms with van der Waals surface area (Å²) in [5.41, 5.74) is 1.88. The highest BCUT2D eigenvalue weighted by atomic mass is 28.4. The Labute approximate surface area is 231 Å². The molecule has 6 heteroatoms. The summed E-state index contributed by atoms with van der Waals surface area (Å²) in [6, 6.07) is 17.5. The number of hydrogen-bond acceptors (Lipinski definition) is 5. The topological polar surface area (TPSA) is 56.8 Å². The van der Waals surface area contributed by atoms with E-state index in [1.54, 1.807) is 7.11 Å². The van der Waals surface area contributed by atoms with Crippen molar-refractivity contribution in [2.24, 2.45) is 17.8 Å². The first kappa shape index (κ1) is 30.2. The number of carbonyl (C=O) groups is 1. The Kier molecular flexibility index (Phi) is 10.1. The van der Waals surface area contributed by atoms with Gasteiger partial charge in [-0.15, -0.1) is 0 Å². The lowest BCUT2D eigenvalue weighted by molar-refractivity contribution is -0.165. The molecule has 1 aliphatic rings. The largest absolute Gasteiger partial charge is 0.497 e. The first-order valence-corrected chi connectivity index (χ1v) is 17.1. The van der Waals surface area contributed by atoms with Gasteiger partial charge in [-0.05, 0) is 78.6 Å². The maximum absolute atomic E-state index is 14.2. The molecule has 2 aromatic rings. The molecule has 38 heavy (non-hydrogen) atoms. The summed E-state index contributed by atoms with van der Waals surface area (Å²) in [5, 5.41) is 3.56. The molecule has 0 aliphatic heterocycles. The molecule has 3 rings (SSSR count). The van der Waals surface area contributed by atoms with Crippen LogP contribution < -0.4 is 10.1 Å². The second-order valence-electron chi connectivity index (χ2n) is 12.9. The molecule has 1 fully saturated rings. The highest BCUT2D eigenvalue weighted by Crippen LogP contribution is 2.41. The van der Waals surface area contributed by atoms with Crippen LogP contribution in [0.25, 0.3) is 0 Å². The summed E-state index contributed by atoms with van der Waals surface area (Å²) in [5.74, 6) is 1.89. The number of hydrogen-bond donors (Lipinski definition) is 1. The molecule has 0 unspecified atom stereocenters. The zero-order valence-corrected chi connectivity index (χ0v) is 25.9. The predicted molar refractivity (Wildman–Crippen MR) is 159 cm³/mol. The fourth-order valence-electron chi connectivity index (χ4n) is 5.07. The summed E-state index contributed by atoms with van der Waals surface area (Å²) in [4.78, 5) is 14.2. The van der Waals surface area contributed by atoms with Gasteiger partial charge in [-0.3, -0.25) is 0 Å². The van der Waals surface area contributed by atoms with Crippen molar-refractivity contribution in [3.05, 3.63) is 60.2 Å². The quantitative estimate of drug-likeness (QED) is 0.243. The number of methoxy groups -OCH3 is 1. The van der Waals surface area contributed by atoms with E-state index in [4.69, 9.17) is 13.9 Å². The molecule has 2 aromatic carbocycles. The van der Waals surface area contributed by atoms with Gasteiger partial charge in [0.25, 0.3) is 0 Å². The molecule has 5 nitrogen and oxygen atoms in total. The van der Waals surface area contributed by atoms with Crippen molar-refractivity contribution in [3.8, 4) is 5.75 Å². The smallest absolute Gasteiger partial charge is 0.336 e. The maximum atomic E-state index is 14.2. The number of nitrogens with one attached hydrogen (secondary N) is 1. The van der Waals surface area contributed by atoms with Crippen molar-refractivity contribution in [2.45, 2.75) is 97.2 Å². The molecule has 0 bridgehead atoms. The van der Waals surface area contributed by atoms with Gasteiger partial charge in [0.05, 0.1) is 13.2 Å². The van der Waals surface area contributed by atoms with E-state index in [1.165, 1.54) is 6.42 Å². The predicted octanol–water partition coefficient (Wildman–Crippen LogP) is 8.24. The van der Waals surface area contributed by atoms with Crippen molar-refractivity contribution in [1.82, 2.24) is 0 Å². The molecular formula is C32H49NO4Si. The van der Waals surface area contributed by atoms with E-state index in [-0.39, 0.29) is 17.1 Å². The molecular weight excluding hydrogens is 490 g/mol. The highest BCUT2D eigenvalue weighted by molar-refractivity contribution is 6.74. The Bertz CT molecular complexity index is 1020. The zero-order valence-electron chi connectivity index (χ0n) is 24.9. The van der Waals surface area contributed by atoms with Crippen LogP contribution in [0.15, 0.2) is 54.6 Å². The van der Waals surface area contributed by atoms with Crippen LogP contribution in [-0.2, 0) is 14.0 Å². The first-order valence-electron chi connectivity index (χ1n) is 14.2. The molecule has 0 aromatic heterocycles. The van der Waals surface area contributed by atoms with Crippen LogP contribution in [0.4, 0.5) is 5.69 Å². The Morgan fingerprint density at radius 3 is 2.18 bits per heavy atom. The summed E-state index contributed by atoms with van der Waals surface area (Å²) in [7, 11) is -0.680. The molecule has 1 N–H and O–H groups in total. The van der Waals surface area contributed by atoms with Crippen LogP contribution >= 0.6 is 0 Å². The summed E-state index contributed by atoms with van der Waals surface area (Å²) < 4.78 is 18.7. The van der Waals surface area contributed by atoms with Gasteiger partial charge >= 0.3 is 5.97 Å². The van der Waals surface area contributed by atoms with Crippen LogP contribution in [0, 0.1) is 17.8 Å². The third-order valence-electron chi connectivity index (χ3n) is 8.56. The Morgan fingerprint density at radius 2 is 1.63 bits per heavy atom. The molecule has 0 spiro atoms. The molecule has 1 saturated carbocycles. The van der Waals surface area contributed by atoms with Crippen LogP contribution in [-0.4, -0.2) is 33.6 Å². The van der Waals surface area contributed by atoms with Crippen LogP contribution in [0.1, 0.15) is 72.4 Å². The van der Waals surface area contributed by atoms with Crippen LogP contribution in [0.3, 0.4) is 0 Å². The number of benzene rings is 2. The van der Waals surface area contributed by atoms with E-state index in [9.17, 15) is 4.79 Å². The number of esters is 1. The first-order chi connectivity index (χ1) is 17.8. The number of rotatable bonds is 10. The Balaban J connectivity index is 2.01. The Hall–Kier alpha value is -2.31. The average molecular weight is 540 g/mol. The molecule has 5 atom stereocenters. The third-order valence-corrected chi connectivity index (χ3v) is 13.0. The monoisotopic (exact) mass is 539 g/mol. The lowest BCUT2D eigenvalue weighted by Gasteiger charge is -2.42. The molecule has 0 amide bonds. The van der Waals surface area contributed by atoms with Gasteiger partial charge in [-0.25, -0.2) is 4.79 Å². The van der Waals surface area contributed by atoms with E-state index < -0.39 is 20.5 Å². The zero-order chi connectivity index (χ0) is 28.1. The number of ether oxygens (including phenoxy) is 2. The average Bonchev–Trinajstić information content (AvgIpc) is 2.86. The molecule has 210 valence electrons.